The van der Waals surface area contributed by atoms with Gasteiger partial charge in [-0.25, -0.2) is 9.48 Å². The van der Waals surface area contributed by atoms with Crippen LogP contribution < -0.4 is 0 Å². The summed E-state index contributed by atoms with van der Waals surface area (Å²) in [4.78, 5) is 11.0. The maximum Gasteiger partial charge on any atom is 0.335 e. The molecule has 0 saturated carbocycles. The van der Waals surface area contributed by atoms with Gasteiger partial charge in [0.1, 0.15) is 0 Å². The second-order valence-corrected chi connectivity index (χ2v) is 9.03. The predicted octanol–water partition coefficient (Wildman–Crippen LogP) is 5.59. The largest absolute Gasteiger partial charge is 0.478 e. The molecule has 0 bridgehead atoms. The van der Waals surface area contributed by atoms with Crippen molar-refractivity contribution in [3.63, 3.8) is 0 Å². The fraction of sp³-hybridized carbons (Fsp3) is 0.333. The van der Waals surface area contributed by atoms with Gasteiger partial charge in [-0.1, -0.05) is 39.8 Å². The van der Waals surface area contributed by atoms with E-state index in [0.717, 1.165) is 16.9 Å². The Bertz CT molecular complexity index is 1040. The van der Waals surface area contributed by atoms with Crippen molar-refractivity contribution in [3.05, 3.63) is 71.4 Å². The highest BCUT2D eigenvalue weighted by molar-refractivity contribution is 5.87. The quantitative estimate of drug-likeness (QED) is 0.650. The van der Waals surface area contributed by atoms with Crippen LogP contribution in [-0.4, -0.2) is 20.9 Å². The first-order chi connectivity index (χ1) is 13.2. The summed E-state index contributed by atoms with van der Waals surface area (Å²) in [7, 11) is 0. The molecule has 0 fully saturated rings. The topological polar surface area (TPSA) is 55.1 Å². The molecule has 0 atom stereocenters. The number of hydrogen-bond donors (Lipinski definition) is 1. The second-order valence-electron chi connectivity index (χ2n) is 9.03. The van der Waals surface area contributed by atoms with Gasteiger partial charge in [0.2, 0.25) is 0 Å². The molecule has 1 aliphatic carbocycles. The molecule has 0 unspecified atom stereocenters. The molecular weight excluding hydrogens is 348 g/mol. The van der Waals surface area contributed by atoms with E-state index in [-0.39, 0.29) is 16.4 Å². The predicted molar refractivity (Wildman–Crippen MR) is 111 cm³/mol. The summed E-state index contributed by atoms with van der Waals surface area (Å²) in [6.45, 7) is 9.31. The van der Waals surface area contributed by atoms with E-state index in [1.807, 2.05) is 12.3 Å². The van der Waals surface area contributed by atoms with Crippen molar-refractivity contribution in [2.45, 2.75) is 51.4 Å². The number of carbonyl (C=O) groups is 1. The first-order valence-electron chi connectivity index (χ1n) is 9.72. The number of benzene rings is 2. The van der Waals surface area contributed by atoms with E-state index in [9.17, 15) is 4.79 Å². The highest BCUT2D eigenvalue weighted by Gasteiger charge is 2.37. The van der Waals surface area contributed by atoms with Gasteiger partial charge < -0.3 is 5.11 Å². The van der Waals surface area contributed by atoms with Crippen LogP contribution >= 0.6 is 0 Å². The number of aromatic carboxylic acids is 1. The van der Waals surface area contributed by atoms with Gasteiger partial charge in [0.05, 0.1) is 16.9 Å². The SMILES string of the molecule is CC1(C)CCC(C)(C)c2cc(-c3ccn(-c4ccc(C(=O)O)cc4)n3)ccc21. The van der Waals surface area contributed by atoms with E-state index in [0.29, 0.717) is 0 Å². The number of rotatable bonds is 3. The Kier molecular flexibility index (Phi) is 4.18. The first kappa shape index (κ1) is 18.5. The lowest BCUT2D eigenvalue weighted by Crippen LogP contribution is -2.33. The molecule has 0 amide bonds. The summed E-state index contributed by atoms with van der Waals surface area (Å²) in [6, 6.07) is 15.5. The summed E-state index contributed by atoms with van der Waals surface area (Å²) in [5.41, 5.74) is 6.38. The zero-order valence-corrected chi connectivity index (χ0v) is 16.9. The lowest BCUT2D eigenvalue weighted by molar-refractivity contribution is 0.0697. The van der Waals surface area contributed by atoms with Crippen molar-refractivity contribution in [1.82, 2.24) is 9.78 Å². The smallest absolute Gasteiger partial charge is 0.335 e. The molecule has 1 heterocycles. The van der Waals surface area contributed by atoms with Crippen molar-refractivity contribution >= 4 is 5.97 Å². The van der Waals surface area contributed by atoms with Crippen LogP contribution in [-0.2, 0) is 10.8 Å². The number of carboxylic acid groups (broad SMARTS) is 1. The van der Waals surface area contributed by atoms with Crippen molar-refractivity contribution in [2.24, 2.45) is 0 Å². The van der Waals surface area contributed by atoms with Gasteiger partial charge in [-0.2, -0.15) is 5.10 Å². The Hall–Kier alpha value is -2.88. The number of aromatic nitrogens is 2. The molecule has 2 aromatic carbocycles. The Morgan fingerprint density at radius 3 is 2.21 bits per heavy atom. The third-order valence-electron chi connectivity index (χ3n) is 6.12. The van der Waals surface area contributed by atoms with Gasteiger partial charge in [-0.3, -0.25) is 0 Å². The minimum atomic E-state index is -0.924. The molecule has 4 rings (SSSR count). The van der Waals surface area contributed by atoms with Crippen molar-refractivity contribution < 1.29 is 9.90 Å². The van der Waals surface area contributed by atoms with Crippen LogP contribution in [0, 0.1) is 0 Å². The molecule has 1 aromatic heterocycles. The molecule has 0 saturated heterocycles. The molecule has 28 heavy (non-hydrogen) atoms. The fourth-order valence-electron chi connectivity index (χ4n) is 4.13. The molecule has 1 aliphatic rings. The van der Waals surface area contributed by atoms with Crippen LogP contribution in [0.1, 0.15) is 62.0 Å². The molecule has 0 aliphatic heterocycles. The fourth-order valence-corrected chi connectivity index (χ4v) is 4.13. The first-order valence-corrected chi connectivity index (χ1v) is 9.72. The number of nitrogens with zero attached hydrogens (tertiary/aromatic N) is 2. The molecule has 0 radical (unpaired) electrons. The standard InChI is InChI=1S/C24H26N2O2/c1-23(2)12-13-24(3,4)20-15-17(7-10-19(20)23)21-11-14-26(25-21)18-8-5-16(6-9-18)22(27)28/h5-11,14-15H,12-13H2,1-4H3,(H,27,28). The zero-order valence-electron chi connectivity index (χ0n) is 16.9. The third-order valence-corrected chi connectivity index (χ3v) is 6.12. The maximum absolute atomic E-state index is 11.0. The number of carboxylic acids is 1. The van der Waals surface area contributed by atoms with Crippen LogP contribution in [0.15, 0.2) is 54.7 Å². The molecule has 3 aromatic rings. The zero-order chi connectivity index (χ0) is 20.1. The Labute approximate surface area is 165 Å². The van der Waals surface area contributed by atoms with E-state index in [1.54, 1.807) is 28.9 Å². The average Bonchev–Trinajstić information content (AvgIpc) is 3.15. The normalized spacial score (nSPS) is 17.1. The van der Waals surface area contributed by atoms with E-state index in [4.69, 9.17) is 10.2 Å². The lowest BCUT2D eigenvalue weighted by atomic mass is 9.63. The van der Waals surface area contributed by atoms with E-state index < -0.39 is 5.97 Å². The molecule has 0 spiro atoms. The molecular formula is C24H26N2O2. The van der Waals surface area contributed by atoms with E-state index in [2.05, 4.69) is 45.9 Å². The molecule has 4 nitrogen and oxygen atoms in total. The van der Waals surface area contributed by atoms with Crippen molar-refractivity contribution in [1.29, 1.82) is 0 Å². The minimum Gasteiger partial charge on any atom is -0.478 e. The highest BCUT2D eigenvalue weighted by atomic mass is 16.4. The van der Waals surface area contributed by atoms with Gasteiger partial charge in [-0.05, 0) is 71.2 Å². The van der Waals surface area contributed by atoms with Crippen LogP contribution in [0.5, 0.6) is 0 Å². The Balaban J connectivity index is 1.71. The van der Waals surface area contributed by atoms with Gasteiger partial charge in [-0.15, -0.1) is 0 Å². The summed E-state index contributed by atoms with van der Waals surface area (Å²) in [5, 5.41) is 13.8. The van der Waals surface area contributed by atoms with Crippen LogP contribution in [0.25, 0.3) is 16.9 Å². The number of hydrogen-bond acceptors (Lipinski definition) is 2. The Morgan fingerprint density at radius 2 is 1.57 bits per heavy atom. The summed E-state index contributed by atoms with van der Waals surface area (Å²) in [5.74, 6) is -0.924. The summed E-state index contributed by atoms with van der Waals surface area (Å²) >= 11 is 0. The van der Waals surface area contributed by atoms with Crippen molar-refractivity contribution in [2.75, 3.05) is 0 Å². The van der Waals surface area contributed by atoms with E-state index >= 15 is 0 Å². The highest BCUT2D eigenvalue weighted by Crippen LogP contribution is 2.46. The molecule has 4 heteroatoms. The third kappa shape index (κ3) is 3.13. The van der Waals surface area contributed by atoms with Gasteiger partial charge >= 0.3 is 5.97 Å². The molecule has 144 valence electrons. The molecule has 1 N–H and O–H groups in total. The van der Waals surface area contributed by atoms with E-state index in [1.165, 1.54) is 24.0 Å². The maximum atomic E-state index is 11.0. The monoisotopic (exact) mass is 374 g/mol. The van der Waals surface area contributed by atoms with Gasteiger partial charge in [0.15, 0.2) is 0 Å². The minimum absolute atomic E-state index is 0.163. The second kappa shape index (κ2) is 6.33. The van der Waals surface area contributed by atoms with Gasteiger partial charge in [0.25, 0.3) is 0 Å². The average molecular weight is 374 g/mol. The lowest BCUT2D eigenvalue weighted by Gasteiger charge is -2.42. The van der Waals surface area contributed by atoms with Crippen LogP contribution in [0.4, 0.5) is 0 Å². The summed E-state index contributed by atoms with van der Waals surface area (Å²) in [6.07, 6.45) is 4.30. The van der Waals surface area contributed by atoms with Crippen LogP contribution in [0.3, 0.4) is 0 Å². The Morgan fingerprint density at radius 1 is 0.929 bits per heavy atom. The summed E-state index contributed by atoms with van der Waals surface area (Å²) < 4.78 is 1.79. The van der Waals surface area contributed by atoms with Gasteiger partial charge in [0, 0.05) is 11.8 Å². The van der Waals surface area contributed by atoms with Crippen LogP contribution in [0.2, 0.25) is 0 Å². The van der Waals surface area contributed by atoms with Crippen molar-refractivity contribution in [3.8, 4) is 16.9 Å². The number of fused-ring (bicyclic) bond motifs is 1.